The first-order valence-electron chi connectivity index (χ1n) is 7.55. The second-order valence-corrected chi connectivity index (χ2v) is 5.99. The Kier molecular flexibility index (Phi) is 2.85. The summed E-state index contributed by atoms with van der Waals surface area (Å²) in [7, 11) is 0. The molecule has 0 spiro atoms. The van der Waals surface area contributed by atoms with Crippen molar-refractivity contribution in [3.8, 4) is 11.1 Å². The van der Waals surface area contributed by atoms with Crippen LogP contribution in [0.25, 0.3) is 21.9 Å². The van der Waals surface area contributed by atoms with Gasteiger partial charge in [0.25, 0.3) is 11.8 Å². The van der Waals surface area contributed by atoms with Crippen LogP contribution in [0.4, 0.5) is 0 Å². The van der Waals surface area contributed by atoms with Crippen LogP contribution < -0.4 is 5.32 Å². The minimum Gasteiger partial charge on any atom is -0.288 e. The van der Waals surface area contributed by atoms with Gasteiger partial charge in [0.05, 0.1) is 11.1 Å². The molecule has 3 aromatic rings. The molecule has 3 heteroatoms. The van der Waals surface area contributed by atoms with Crippen LogP contribution in [-0.2, 0) is 0 Å². The van der Waals surface area contributed by atoms with E-state index in [-0.39, 0.29) is 11.8 Å². The van der Waals surface area contributed by atoms with Crippen molar-refractivity contribution in [2.24, 2.45) is 0 Å². The summed E-state index contributed by atoms with van der Waals surface area (Å²) in [4.78, 5) is 24.2. The second-order valence-electron chi connectivity index (χ2n) is 5.99. The van der Waals surface area contributed by atoms with Crippen LogP contribution in [0.1, 0.15) is 31.8 Å². The maximum atomic E-state index is 12.1. The molecular weight excluding hydrogens is 286 g/mol. The van der Waals surface area contributed by atoms with Crippen LogP contribution in [0, 0.1) is 13.8 Å². The molecule has 2 amide bonds. The van der Waals surface area contributed by atoms with E-state index in [1.165, 1.54) is 5.56 Å². The molecule has 23 heavy (non-hydrogen) atoms. The zero-order chi connectivity index (χ0) is 16.1. The van der Waals surface area contributed by atoms with Crippen LogP contribution in [0.5, 0.6) is 0 Å². The third-order valence-corrected chi connectivity index (χ3v) is 4.42. The number of hydrogen-bond donors (Lipinski definition) is 1. The van der Waals surface area contributed by atoms with Gasteiger partial charge in [0.1, 0.15) is 0 Å². The molecule has 3 nitrogen and oxygen atoms in total. The predicted octanol–water partition coefficient (Wildman–Crippen LogP) is 4.01. The summed E-state index contributed by atoms with van der Waals surface area (Å²) >= 11 is 0. The largest absolute Gasteiger partial charge is 0.288 e. The summed E-state index contributed by atoms with van der Waals surface area (Å²) in [6, 6.07) is 15.9. The molecule has 4 rings (SSSR count). The molecule has 112 valence electrons. The average molecular weight is 301 g/mol. The van der Waals surface area contributed by atoms with Gasteiger partial charge in [0.2, 0.25) is 0 Å². The van der Waals surface area contributed by atoms with Gasteiger partial charge in [-0.05, 0) is 47.4 Å². The van der Waals surface area contributed by atoms with Crippen LogP contribution in [-0.4, -0.2) is 11.8 Å². The van der Waals surface area contributed by atoms with E-state index < -0.39 is 0 Å². The van der Waals surface area contributed by atoms with Gasteiger partial charge in [-0.1, -0.05) is 48.0 Å². The number of rotatable bonds is 1. The Morgan fingerprint density at radius 1 is 0.739 bits per heavy atom. The Bertz CT molecular complexity index is 1000. The monoisotopic (exact) mass is 301 g/mol. The Balaban J connectivity index is 2.13. The minimum atomic E-state index is -0.318. The number of amides is 2. The fourth-order valence-electron chi connectivity index (χ4n) is 3.37. The molecular formula is C20H15NO2. The molecule has 1 aliphatic rings. The van der Waals surface area contributed by atoms with Gasteiger partial charge in [-0.15, -0.1) is 0 Å². The van der Waals surface area contributed by atoms with Gasteiger partial charge >= 0.3 is 0 Å². The van der Waals surface area contributed by atoms with E-state index >= 15 is 0 Å². The molecule has 0 saturated heterocycles. The Labute approximate surface area is 133 Å². The van der Waals surface area contributed by atoms with E-state index in [0.717, 1.165) is 27.5 Å². The van der Waals surface area contributed by atoms with Crippen molar-refractivity contribution < 1.29 is 9.59 Å². The van der Waals surface area contributed by atoms with E-state index in [2.05, 4.69) is 37.4 Å². The number of aryl methyl sites for hydroxylation is 2. The molecule has 0 unspecified atom stereocenters. The summed E-state index contributed by atoms with van der Waals surface area (Å²) < 4.78 is 0. The highest BCUT2D eigenvalue weighted by Crippen LogP contribution is 2.36. The van der Waals surface area contributed by atoms with Gasteiger partial charge in [-0.2, -0.15) is 0 Å². The molecule has 1 N–H and O–H groups in total. The van der Waals surface area contributed by atoms with Gasteiger partial charge in [0.15, 0.2) is 0 Å². The lowest BCUT2D eigenvalue weighted by Gasteiger charge is -2.13. The van der Waals surface area contributed by atoms with Crippen molar-refractivity contribution in [1.29, 1.82) is 0 Å². The van der Waals surface area contributed by atoms with Crippen molar-refractivity contribution >= 4 is 22.6 Å². The number of imide groups is 1. The lowest BCUT2D eigenvalue weighted by atomic mass is 9.90. The average Bonchev–Trinajstić information content (AvgIpc) is 2.81. The number of fused-ring (bicyclic) bond motifs is 3. The quantitative estimate of drug-likeness (QED) is 0.690. The number of benzene rings is 3. The number of hydrogen-bond acceptors (Lipinski definition) is 2. The zero-order valence-electron chi connectivity index (χ0n) is 12.9. The SMILES string of the molecule is Cc1ccc(-c2cc3c(c4ccccc24)C(=O)NC3=O)c(C)c1. The van der Waals surface area contributed by atoms with E-state index in [1.54, 1.807) is 0 Å². The van der Waals surface area contributed by atoms with Crippen molar-refractivity contribution in [3.05, 3.63) is 70.8 Å². The number of nitrogens with one attached hydrogen (secondary N) is 1. The zero-order valence-corrected chi connectivity index (χ0v) is 12.9. The fourth-order valence-corrected chi connectivity index (χ4v) is 3.37. The van der Waals surface area contributed by atoms with Gasteiger partial charge < -0.3 is 0 Å². The van der Waals surface area contributed by atoms with Gasteiger partial charge in [-0.3, -0.25) is 14.9 Å². The second kappa shape index (κ2) is 4.78. The number of carbonyl (C=O) groups excluding carboxylic acids is 2. The summed E-state index contributed by atoms with van der Waals surface area (Å²) in [5.74, 6) is -0.629. The van der Waals surface area contributed by atoms with Gasteiger partial charge in [-0.25, -0.2) is 0 Å². The molecule has 0 atom stereocenters. The Hall–Kier alpha value is -2.94. The first-order chi connectivity index (χ1) is 11.1. The highest BCUT2D eigenvalue weighted by Gasteiger charge is 2.30. The van der Waals surface area contributed by atoms with Crippen LogP contribution in [0.15, 0.2) is 48.5 Å². The molecule has 1 heterocycles. The minimum absolute atomic E-state index is 0.312. The van der Waals surface area contributed by atoms with Crippen molar-refractivity contribution in [3.63, 3.8) is 0 Å². The maximum absolute atomic E-state index is 12.1. The van der Waals surface area contributed by atoms with Crippen LogP contribution in [0.3, 0.4) is 0 Å². The molecule has 0 radical (unpaired) electrons. The third-order valence-electron chi connectivity index (χ3n) is 4.42. The summed E-state index contributed by atoms with van der Waals surface area (Å²) in [6.07, 6.45) is 0. The van der Waals surface area contributed by atoms with Crippen LogP contribution in [0.2, 0.25) is 0 Å². The van der Waals surface area contributed by atoms with Crippen molar-refractivity contribution in [2.75, 3.05) is 0 Å². The van der Waals surface area contributed by atoms with E-state index in [9.17, 15) is 9.59 Å². The van der Waals surface area contributed by atoms with Crippen LogP contribution >= 0.6 is 0 Å². The molecule has 3 aromatic carbocycles. The third kappa shape index (κ3) is 1.97. The van der Waals surface area contributed by atoms with E-state index in [4.69, 9.17) is 0 Å². The lowest BCUT2D eigenvalue weighted by Crippen LogP contribution is -2.19. The first kappa shape index (κ1) is 13.7. The summed E-state index contributed by atoms with van der Waals surface area (Å²) in [5.41, 5.74) is 5.37. The van der Waals surface area contributed by atoms with E-state index in [1.807, 2.05) is 30.3 Å². The smallest absolute Gasteiger partial charge is 0.259 e. The first-order valence-corrected chi connectivity index (χ1v) is 7.55. The molecule has 0 fully saturated rings. The fraction of sp³-hybridized carbons (Fsp3) is 0.100. The summed E-state index contributed by atoms with van der Waals surface area (Å²) in [6.45, 7) is 4.12. The molecule has 1 aliphatic heterocycles. The Morgan fingerprint density at radius 2 is 1.48 bits per heavy atom. The van der Waals surface area contributed by atoms with Crippen molar-refractivity contribution in [2.45, 2.75) is 13.8 Å². The molecule has 0 aliphatic carbocycles. The standard InChI is InChI=1S/C20H15NO2/c1-11-7-8-13(12(2)9-11)16-10-17-18(20(23)21-19(17)22)15-6-4-3-5-14(15)16/h3-10H,1-2H3,(H,21,22,23). The lowest BCUT2D eigenvalue weighted by molar-refractivity contribution is 0.0880. The topological polar surface area (TPSA) is 46.2 Å². The maximum Gasteiger partial charge on any atom is 0.259 e. The number of carbonyl (C=O) groups is 2. The van der Waals surface area contributed by atoms with E-state index in [0.29, 0.717) is 11.1 Å². The molecule has 0 aromatic heterocycles. The Morgan fingerprint density at radius 3 is 2.22 bits per heavy atom. The van der Waals surface area contributed by atoms with Gasteiger partial charge in [0, 0.05) is 0 Å². The predicted molar refractivity (Wildman–Crippen MR) is 90.7 cm³/mol. The summed E-state index contributed by atoms with van der Waals surface area (Å²) in [5, 5.41) is 4.21. The van der Waals surface area contributed by atoms with Crippen molar-refractivity contribution in [1.82, 2.24) is 5.32 Å². The highest BCUT2D eigenvalue weighted by molar-refractivity contribution is 6.28. The molecule has 0 bridgehead atoms. The highest BCUT2D eigenvalue weighted by atomic mass is 16.2. The molecule has 0 saturated carbocycles. The normalized spacial score (nSPS) is 13.3.